The molecule has 0 spiro atoms. The summed E-state index contributed by atoms with van der Waals surface area (Å²) in [5.74, 6) is -1.02. The third-order valence-electron chi connectivity index (χ3n) is 4.49. The summed E-state index contributed by atoms with van der Waals surface area (Å²) < 4.78 is 32.1. The molecule has 2 aromatic rings. The van der Waals surface area contributed by atoms with Crippen LogP contribution in [-0.2, 0) is 4.79 Å². The normalized spacial score (nSPS) is 24.7. The third-order valence-corrected chi connectivity index (χ3v) is 4.49. The van der Waals surface area contributed by atoms with Crippen LogP contribution in [0, 0.1) is 17.6 Å². The van der Waals surface area contributed by atoms with Crippen molar-refractivity contribution in [2.45, 2.75) is 12.0 Å². The number of benzene rings is 2. The number of nitrogens with one attached hydrogen (secondary N) is 1. The van der Waals surface area contributed by atoms with Crippen LogP contribution < -0.4 is 10.1 Å². The minimum atomic E-state index is -0.636. The maximum atomic E-state index is 14.0. The zero-order valence-corrected chi connectivity index (χ0v) is 12.8. The average molecular weight is 328 g/mol. The second kappa shape index (κ2) is 5.40. The molecule has 1 aliphatic carbocycles. The minimum absolute atomic E-state index is 0.186. The van der Waals surface area contributed by atoms with E-state index in [0.29, 0.717) is 17.1 Å². The topological polar surface area (TPSA) is 50.7 Å². The van der Waals surface area contributed by atoms with Gasteiger partial charge in [0.1, 0.15) is 23.2 Å². The number of halogens is 2. The highest BCUT2D eigenvalue weighted by molar-refractivity contribution is 6.11. The number of amidine groups is 1. The number of hydrogen-bond acceptors (Lipinski definition) is 3. The van der Waals surface area contributed by atoms with E-state index >= 15 is 0 Å². The summed E-state index contributed by atoms with van der Waals surface area (Å²) in [5.41, 5.74) is 1.09. The fourth-order valence-corrected chi connectivity index (χ4v) is 3.20. The maximum Gasteiger partial charge on any atom is 0.231 e. The first-order valence-corrected chi connectivity index (χ1v) is 7.56. The van der Waals surface area contributed by atoms with Crippen molar-refractivity contribution >= 4 is 11.7 Å². The van der Waals surface area contributed by atoms with Crippen molar-refractivity contribution in [3.8, 4) is 5.75 Å². The highest BCUT2D eigenvalue weighted by Gasteiger charge is 2.59. The molecule has 0 saturated heterocycles. The Kier molecular flexibility index (Phi) is 3.33. The molecule has 2 aliphatic rings. The van der Waals surface area contributed by atoms with Crippen LogP contribution >= 0.6 is 0 Å². The van der Waals surface area contributed by atoms with Crippen LogP contribution in [0.3, 0.4) is 0 Å². The zero-order chi connectivity index (χ0) is 16.8. The van der Waals surface area contributed by atoms with Gasteiger partial charge in [0.25, 0.3) is 0 Å². The van der Waals surface area contributed by atoms with Gasteiger partial charge in [0, 0.05) is 17.5 Å². The quantitative estimate of drug-likeness (QED) is 0.942. The molecule has 4 nitrogen and oxygen atoms in total. The fourth-order valence-electron chi connectivity index (χ4n) is 3.20. The number of carbonyl (C=O) groups is 1. The van der Waals surface area contributed by atoms with Crippen LogP contribution in [0.15, 0.2) is 47.5 Å². The summed E-state index contributed by atoms with van der Waals surface area (Å²) in [6.45, 7) is 0. The molecule has 1 aliphatic heterocycles. The van der Waals surface area contributed by atoms with Gasteiger partial charge in [0.2, 0.25) is 5.91 Å². The third kappa shape index (κ3) is 2.35. The Morgan fingerprint density at radius 2 is 1.83 bits per heavy atom. The Bertz CT molecular complexity index is 849. The smallest absolute Gasteiger partial charge is 0.231 e. The van der Waals surface area contributed by atoms with Gasteiger partial charge in [-0.05, 0) is 35.9 Å². The van der Waals surface area contributed by atoms with Crippen LogP contribution in [0.2, 0.25) is 0 Å². The van der Waals surface area contributed by atoms with Gasteiger partial charge in [-0.3, -0.25) is 9.79 Å². The lowest BCUT2D eigenvalue weighted by Gasteiger charge is -2.13. The summed E-state index contributed by atoms with van der Waals surface area (Å²) in [4.78, 5) is 16.8. The van der Waals surface area contributed by atoms with E-state index in [2.05, 4.69) is 10.3 Å². The summed E-state index contributed by atoms with van der Waals surface area (Å²) in [5, 5.41) is 2.77. The average Bonchev–Trinajstić information content (AvgIpc) is 3.29. The summed E-state index contributed by atoms with van der Waals surface area (Å²) in [6.07, 6.45) is 0. The standard InChI is InChI=1S/C18H14F2N2O2/c1-24-11-5-2-9(3-6-11)17-21-16-14(15(16)18(23)22-17)12-7-4-10(19)8-13(12)20/h2-8,14-16H,1H3,(H,21,22,23). The second-order valence-corrected chi connectivity index (χ2v) is 5.90. The first-order valence-electron chi connectivity index (χ1n) is 7.56. The van der Waals surface area contributed by atoms with Gasteiger partial charge < -0.3 is 10.1 Å². The van der Waals surface area contributed by atoms with Gasteiger partial charge in [-0.15, -0.1) is 0 Å². The van der Waals surface area contributed by atoms with Gasteiger partial charge in [-0.1, -0.05) is 6.07 Å². The predicted octanol–water partition coefficient (Wildman–Crippen LogP) is 2.63. The SMILES string of the molecule is COc1ccc(C2=NC3C(C(=O)N2)C3c2ccc(F)cc2F)cc1. The Morgan fingerprint density at radius 1 is 1.08 bits per heavy atom. The van der Waals surface area contributed by atoms with Crippen LogP contribution in [0.5, 0.6) is 5.75 Å². The van der Waals surface area contributed by atoms with Crippen LogP contribution in [0.4, 0.5) is 8.78 Å². The van der Waals surface area contributed by atoms with E-state index in [9.17, 15) is 13.6 Å². The van der Waals surface area contributed by atoms with Crippen molar-refractivity contribution in [1.29, 1.82) is 0 Å². The monoisotopic (exact) mass is 328 g/mol. The predicted molar refractivity (Wildman–Crippen MR) is 84.1 cm³/mol. The number of rotatable bonds is 3. The molecule has 1 amide bonds. The molecule has 6 heteroatoms. The van der Waals surface area contributed by atoms with Crippen LogP contribution in [0.25, 0.3) is 0 Å². The molecular formula is C18H14F2N2O2. The number of carbonyl (C=O) groups excluding carboxylic acids is 1. The van der Waals surface area contributed by atoms with Gasteiger partial charge in [-0.25, -0.2) is 8.78 Å². The Morgan fingerprint density at radius 3 is 2.50 bits per heavy atom. The largest absolute Gasteiger partial charge is 0.497 e. The molecule has 1 saturated carbocycles. The van der Waals surface area contributed by atoms with Crippen molar-refractivity contribution < 1.29 is 18.3 Å². The second-order valence-electron chi connectivity index (χ2n) is 5.90. The number of methoxy groups -OCH3 is 1. The number of fused-ring (bicyclic) bond motifs is 1. The van der Waals surface area contributed by atoms with E-state index in [4.69, 9.17) is 4.74 Å². The van der Waals surface area contributed by atoms with Crippen LogP contribution in [0.1, 0.15) is 17.0 Å². The van der Waals surface area contributed by atoms with Crippen molar-refractivity contribution in [2.75, 3.05) is 7.11 Å². The Labute approximate surface area is 137 Å². The number of amides is 1. The van der Waals surface area contributed by atoms with Crippen molar-refractivity contribution in [3.63, 3.8) is 0 Å². The zero-order valence-electron chi connectivity index (χ0n) is 12.8. The Hall–Kier alpha value is -2.76. The summed E-state index contributed by atoms with van der Waals surface area (Å²) >= 11 is 0. The molecule has 1 heterocycles. The molecule has 4 rings (SSSR count). The minimum Gasteiger partial charge on any atom is -0.497 e. The van der Waals surface area contributed by atoms with E-state index in [-0.39, 0.29) is 17.9 Å². The van der Waals surface area contributed by atoms with Gasteiger partial charge in [0.05, 0.1) is 19.1 Å². The van der Waals surface area contributed by atoms with Gasteiger partial charge in [0.15, 0.2) is 0 Å². The molecular weight excluding hydrogens is 314 g/mol. The van der Waals surface area contributed by atoms with Gasteiger partial charge >= 0.3 is 0 Å². The molecule has 0 radical (unpaired) electrons. The molecule has 2 aromatic carbocycles. The van der Waals surface area contributed by atoms with E-state index in [1.54, 1.807) is 31.4 Å². The Balaban J connectivity index is 1.64. The van der Waals surface area contributed by atoms with E-state index < -0.39 is 17.6 Å². The van der Waals surface area contributed by atoms with Crippen LogP contribution in [-0.4, -0.2) is 24.9 Å². The highest BCUT2D eigenvalue weighted by atomic mass is 19.1. The molecule has 3 unspecified atom stereocenters. The first kappa shape index (κ1) is 14.8. The summed E-state index contributed by atoms with van der Waals surface area (Å²) in [6, 6.07) is 10.3. The number of ether oxygens (including phenoxy) is 1. The van der Waals surface area contributed by atoms with E-state index in [0.717, 1.165) is 11.6 Å². The summed E-state index contributed by atoms with van der Waals surface area (Å²) in [7, 11) is 1.57. The number of aliphatic imine (C=N–C) groups is 1. The van der Waals surface area contributed by atoms with Crippen molar-refractivity contribution in [1.82, 2.24) is 5.32 Å². The molecule has 0 aromatic heterocycles. The van der Waals surface area contributed by atoms with Crippen molar-refractivity contribution in [2.24, 2.45) is 10.9 Å². The molecule has 1 N–H and O–H groups in total. The molecule has 24 heavy (non-hydrogen) atoms. The highest BCUT2D eigenvalue weighted by Crippen LogP contribution is 2.52. The number of nitrogens with zero attached hydrogens (tertiary/aromatic N) is 1. The molecule has 3 atom stereocenters. The maximum absolute atomic E-state index is 14.0. The van der Waals surface area contributed by atoms with E-state index in [1.807, 2.05) is 0 Å². The lowest BCUT2D eigenvalue weighted by molar-refractivity contribution is -0.121. The first-order chi connectivity index (χ1) is 11.6. The van der Waals surface area contributed by atoms with Crippen molar-refractivity contribution in [3.05, 3.63) is 65.2 Å². The molecule has 1 fully saturated rings. The lowest BCUT2D eigenvalue weighted by Crippen LogP contribution is -2.36. The van der Waals surface area contributed by atoms with E-state index in [1.165, 1.54) is 12.1 Å². The lowest BCUT2D eigenvalue weighted by atomic mass is 10.1. The number of hydrogen-bond donors (Lipinski definition) is 1. The van der Waals surface area contributed by atoms with Gasteiger partial charge in [-0.2, -0.15) is 0 Å². The fraction of sp³-hybridized carbons (Fsp3) is 0.222. The molecule has 0 bridgehead atoms. The molecule has 122 valence electrons.